The first-order valence-electron chi connectivity index (χ1n) is 8.97. The minimum Gasteiger partial charge on any atom is -0.390 e. The van der Waals surface area contributed by atoms with Gasteiger partial charge in [-0.05, 0) is 37.1 Å². The Balaban J connectivity index is 1.59. The maximum atomic E-state index is 12.8. The van der Waals surface area contributed by atoms with Gasteiger partial charge in [0, 0.05) is 19.3 Å². The van der Waals surface area contributed by atoms with Crippen molar-refractivity contribution in [2.75, 3.05) is 13.1 Å². The molecule has 1 fully saturated rings. The summed E-state index contributed by atoms with van der Waals surface area (Å²) in [7, 11) is -3.87. The fourth-order valence-corrected chi connectivity index (χ4v) is 5.18. The van der Waals surface area contributed by atoms with E-state index in [0.29, 0.717) is 24.0 Å². The number of carbonyl (C=O) groups is 2. The zero-order valence-electron chi connectivity index (χ0n) is 14.9. The second kappa shape index (κ2) is 7.08. The highest BCUT2D eigenvalue weighted by molar-refractivity contribution is 7.89. The molecule has 1 N–H and O–H groups in total. The lowest BCUT2D eigenvalue weighted by Crippen LogP contribution is -2.49. The summed E-state index contributed by atoms with van der Waals surface area (Å²) in [5, 5.41) is 10.6. The number of rotatable bonds is 3. The molecule has 2 amide bonds. The molecule has 9 heteroatoms. The van der Waals surface area contributed by atoms with Gasteiger partial charge in [-0.1, -0.05) is 18.2 Å². The van der Waals surface area contributed by atoms with E-state index >= 15 is 0 Å². The second-order valence-electron chi connectivity index (χ2n) is 6.83. The fraction of sp³-hybridized carbons (Fsp3) is 0.316. The van der Waals surface area contributed by atoms with E-state index in [-0.39, 0.29) is 18.1 Å². The lowest BCUT2D eigenvalue weighted by molar-refractivity contribution is 0.0322. The number of nitrogens with zero attached hydrogens (tertiary/aromatic N) is 3. The predicted molar refractivity (Wildman–Crippen MR) is 99.0 cm³/mol. The molecule has 4 rings (SSSR count). The number of fused-ring (bicyclic) bond motifs is 1. The largest absolute Gasteiger partial charge is 0.390 e. The van der Waals surface area contributed by atoms with Crippen molar-refractivity contribution in [3.8, 4) is 0 Å². The maximum absolute atomic E-state index is 12.8. The molecule has 0 saturated carbocycles. The van der Waals surface area contributed by atoms with Gasteiger partial charge in [0.25, 0.3) is 21.8 Å². The first kappa shape index (κ1) is 18.7. The van der Waals surface area contributed by atoms with Gasteiger partial charge in [0.2, 0.25) is 0 Å². The summed E-state index contributed by atoms with van der Waals surface area (Å²) in [5.74, 6) is -0.906. The highest BCUT2D eigenvalue weighted by Crippen LogP contribution is 2.29. The van der Waals surface area contributed by atoms with Crippen molar-refractivity contribution in [2.45, 2.75) is 30.0 Å². The van der Waals surface area contributed by atoms with Crippen LogP contribution >= 0.6 is 0 Å². The summed E-state index contributed by atoms with van der Waals surface area (Å²) >= 11 is 0. The van der Waals surface area contributed by atoms with Crippen LogP contribution in [-0.4, -0.2) is 64.8 Å². The predicted octanol–water partition coefficient (Wildman–Crippen LogP) is 0.892. The van der Waals surface area contributed by atoms with Crippen molar-refractivity contribution < 1.29 is 23.1 Å². The van der Waals surface area contributed by atoms with E-state index in [1.165, 1.54) is 12.3 Å². The van der Waals surface area contributed by atoms with Crippen molar-refractivity contribution in [3.05, 3.63) is 59.8 Å². The maximum Gasteiger partial charge on any atom is 0.261 e. The van der Waals surface area contributed by atoms with Crippen molar-refractivity contribution in [3.63, 3.8) is 0 Å². The van der Waals surface area contributed by atoms with Crippen LogP contribution in [0.1, 0.15) is 33.6 Å². The topological polar surface area (TPSA) is 108 Å². The average Bonchev–Trinajstić information content (AvgIpc) is 2.83. The highest BCUT2D eigenvalue weighted by Gasteiger charge is 2.44. The monoisotopic (exact) mass is 401 g/mol. The smallest absolute Gasteiger partial charge is 0.261 e. The summed E-state index contributed by atoms with van der Waals surface area (Å²) < 4.78 is 26.8. The number of pyridine rings is 1. The van der Waals surface area contributed by atoms with Crippen LogP contribution in [0.3, 0.4) is 0 Å². The van der Waals surface area contributed by atoms with E-state index in [9.17, 15) is 23.1 Å². The Morgan fingerprint density at radius 1 is 1.00 bits per heavy atom. The summed E-state index contributed by atoms with van der Waals surface area (Å²) in [5.41, 5.74) is 0.615. The van der Waals surface area contributed by atoms with Gasteiger partial charge >= 0.3 is 0 Å². The SMILES string of the molecule is O=C1c2ccccc2C(=O)N1C1CCCN(S(=O)(=O)c2ccccn2)CC1O. The molecule has 0 radical (unpaired) electrons. The van der Waals surface area contributed by atoms with Crippen molar-refractivity contribution in [1.82, 2.24) is 14.2 Å². The molecule has 1 aromatic carbocycles. The van der Waals surface area contributed by atoms with Gasteiger partial charge in [0.1, 0.15) is 0 Å². The second-order valence-corrected chi connectivity index (χ2v) is 8.72. The Labute approximate surface area is 162 Å². The van der Waals surface area contributed by atoms with Crippen LogP contribution < -0.4 is 0 Å². The van der Waals surface area contributed by atoms with E-state index in [4.69, 9.17) is 0 Å². The number of aromatic nitrogens is 1. The molecule has 1 saturated heterocycles. The normalized spacial score (nSPS) is 23.5. The molecular formula is C19H19N3O5S. The van der Waals surface area contributed by atoms with Crippen LogP contribution in [0, 0.1) is 0 Å². The molecule has 0 aliphatic carbocycles. The number of benzene rings is 1. The molecule has 8 nitrogen and oxygen atoms in total. The van der Waals surface area contributed by atoms with Gasteiger partial charge in [-0.3, -0.25) is 14.5 Å². The van der Waals surface area contributed by atoms with Gasteiger partial charge in [0.05, 0.1) is 23.3 Å². The minimum atomic E-state index is -3.87. The van der Waals surface area contributed by atoms with Gasteiger partial charge in [0.15, 0.2) is 5.03 Å². The number of amides is 2. The Bertz CT molecular complexity index is 990. The summed E-state index contributed by atoms with van der Waals surface area (Å²) in [6, 6.07) is 10.3. The zero-order chi connectivity index (χ0) is 19.9. The van der Waals surface area contributed by atoms with Crippen molar-refractivity contribution in [2.24, 2.45) is 0 Å². The van der Waals surface area contributed by atoms with Crippen LogP contribution in [0.15, 0.2) is 53.7 Å². The number of β-amino-alcohol motifs (C(OH)–C–C–N with tert-alkyl or cyclic N) is 1. The zero-order valence-corrected chi connectivity index (χ0v) is 15.7. The molecular weight excluding hydrogens is 382 g/mol. The average molecular weight is 401 g/mol. The molecule has 3 heterocycles. The Morgan fingerprint density at radius 2 is 1.64 bits per heavy atom. The Morgan fingerprint density at radius 3 is 2.25 bits per heavy atom. The van der Waals surface area contributed by atoms with Crippen molar-refractivity contribution >= 4 is 21.8 Å². The van der Waals surface area contributed by atoms with Crippen LogP contribution in [-0.2, 0) is 10.0 Å². The summed E-state index contributed by atoms with van der Waals surface area (Å²) in [6.07, 6.45) is 0.924. The number of hydrogen-bond donors (Lipinski definition) is 1. The third-order valence-electron chi connectivity index (χ3n) is 5.14. The van der Waals surface area contributed by atoms with Crippen LogP contribution in [0.25, 0.3) is 0 Å². The van der Waals surface area contributed by atoms with Crippen LogP contribution in [0.2, 0.25) is 0 Å². The summed E-state index contributed by atoms with van der Waals surface area (Å²) in [4.78, 5) is 30.4. The van der Waals surface area contributed by atoms with Gasteiger partial charge in [-0.15, -0.1) is 0 Å². The fourth-order valence-electron chi connectivity index (χ4n) is 3.75. The third kappa shape index (κ3) is 3.01. The first-order valence-corrected chi connectivity index (χ1v) is 10.4. The molecule has 28 heavy (non-hydrogen) atoms. The number of aliphatic hydroxyl groups is 1. The standard InChI is InChI=1S/C19H19N3O5S/c23-16-12-21(28(26,27)17-9-3-4-10-20-17)11-5-8-15(16)22-18(24)13-6-1-2-7-14(13)19(22)25/h1-4,6-7,9-10,15-16,23H,5,8,11-12H2. The Kier molecular flexibility index (Phi) is 4.74. The lowest BCUT2D eigenvalue weighted by atomic mass is 10.1. The molecule has 2 aliphatic rings. The summed E-state index contributed by atoms with van der Waals surface area (Å²) in [6.45, 7) is -0.0351. The Hall–Kier alpha value is -2.62. The highest BCUT2D eigenvalue weighted by atomic mass is 32.2. The molecule has 0 bridgehead atoms. The molecule has 2 unspecified atom stereocenters. The molecule has 0 spiro atoms. The van der Waals surface area contributed by atoms with Gasteiger partial charge in [-0.25, -0.2) is 13.4 Å². The van der Waals surface area contributed by atoms with E-state index in [2.05, 4.69) is 4.98 Å². The quantitative estimate of drug-likeness (QED) is 0.766. The molecule has 146 valence electrons. The number of hydrogen-bond acceptors (Lipinski definition) is 6. The first-order chi connectivity index (χ1) is 13.4. The van der Waals surface area contributed by atoms with E-state index in [0.717, 1.165) is 9.21 Å². The van der Waals surface area contributed by atoms with Crippen molar-refractivity contribution in [1.29, 1.82) is 0 Å². The van der Waals surface area contributed by atoms with Gasteiger partial charge in [-0.2, -0.15) is 4.31 Å². The van der Waals surface area contributed by atoms with Gasteiger partial charge < -0.3 is 5.11 Å². The van der Waals surface area contributed by atoms with E-state index in [1.54, 1.807) is 36.4 Å². The lowest BCUT2D eigenvalue weighted by Gasteiger charge is -2.29. The number of imide groups is 1. The van der Waals surface area contributed by atoms with E-state index in [1.807, 2.05) is 0 Å². The van der Waals surface area contributed by atoms with Crippen LogP contribution in [0.4, 0.5) is 0 Å². The molecule has 2 aliphatic heterocycles. The number of carbonyl (C=O) groups excluding carboxylic acids is 2. The molecule has 2 atom stereocenters. The van der Waals surface area contributed by atoms with E-state index < -0.39 is 34.0 Å². The molecule has 1 aromatic heterocycles. The number of aliphatic hydroxyl groups excluding tert-OH is 1. The van der Waals surface area contributed by atoms with Crippen LogP contribution in [0.5, 0.6) is 0 Å². The number of sulfonamides is 1. The molecule has 2 aromatic rings. The third-order valence-corrected chi connectivity index (χ3v) is 6.92. The minimum absolute atomic E-state index is 0.0959.